The molecule has 0 aliphatic carbocycles. The molecule has 0 fully saturated rings. The van der Waals surface area contributed by atoms with E-state index >= 15 is 0 Å². The van der Waals surface area contributed by atoms with Crippen molar-refractivity contribution in [3.8, 4) is 17.2 Å². The van der Waals surface area contributed by atoms with E-state index in [0.29, 0.717) is 28.5 Å². The lowest BCUT2D eigenvalue weighted by atomic mass is 10.1. The highest BCUT2D eigenvalue weighted by atomic mass is 35.5. The summed E-state index contributed by atoms with van der Waals surface area (Å²) in [5.41, 5.74) is 0.900. The van der Waals surface area contributed by atoms with Gasteiger partial charge in [-0.3, -0.25) is 9.59 Å². The SMILES string of the molecule is COc1cccc(NC(=O)CN(C)C(=O)c2cc(Cl)c3c(c2)OCO3)c1. The first-order chi connectivity index (χ1) is 12.5. The molecule has 0 saturated carbocycles. The van der Waals surface area contributed by atoms with Crippen LogP contribution in [-0.2, 0) is 4.79 Å². The number of benzene rings is 2. The number of carbonyl (C=O) groups excluding carboxylic acids is 2. The van der Waals surface area contributed by atoms with Gasteiger partial charge in [-0.05, 0) is 24.3 Å². The molecule has 1 aliphatic rings. The van der Waals surface area contributed by atoms with Crippen LogP contribution in [0.25, 0.3) is 0 Å². The number of fused-ring (bicyclic) bond motifs is 1. The lowest BCUT2D eigenvalue weighted by Gasteiger charge is -2.17. The largest absolute Gasteiger partial charge is 0.497 e. The first-order valence-corrected chi connectivity index (χ1v) is 8.14. The highest BCUT2D eigenvalue weighted by Crippen LogP contribution is 2.39. The van der Waals surface area contributed by atoms with Crippen molar-refractivity contribution in [1.29, 1.82) is 0 Å². The van der Waals surface area contributed by atoms with E-state index in [1.807, 2.05) is 0 Å². The molecule has 0 bridgehead atoms. The summed E-state index contributed by atoms with van der Waals surface area (Å²) in [6.45, 7) is -0.0619. The number of hydrogen-bond acceptors (Lipinski definition) is 5. The Kier molecular flexibility index (Phi) is 5.18. The number of methoxy groups -OCH3 is 1. The highest BCUT2D eigenvalue weighted by molar-refractivity contribution is 6.32. The number of hydrogen-bond donors (Lipinski definition) is 1. The van der Waals surface area contributed by atoms with Crippen molar-refractivity contribution in [2.75, 3.05) is 32.8 Å². The molecule has 0 saturated heterocycles. The molecule has 0 atom stereocenters. The molecule has 0 aromatic heterocycles. The second kappa shape index (κ2) is 7.53. The van der Waals surface area contributed by atoms with Crippen LogP contribution in [-0.4, -0.2) is 44.2 Å². The van der Waals surface area contributed by atoms with Crippen molar-refractivity contribution in [3.63, 3.8) is 0 Å². The molecule has 1 aliphatic heterocycles. The third kappa shape index (κ3) is 3.83. The Morgan fingerprint density at radius 2 is 2.08 bits per heavy atom. The number of amides is 2. The second-order valence-corrected chi connectivity index (χ2v) is 6.04. The smallest absolute Gasteiger partial charge is 0.254 e. The summed E-state index contributed by atoms with van der Waals surface area (Å²) in [6, 6.07) is 10.0. The summed E-state index contributed by atoms with van der Waals surface area (Å²) in [6.07, 6.45) is 0. The molecule has 2 aromatic rings. The van der Waals surface area contributed by atoms with Crippen molar-refractivity contribution in [3.05, 3.63) is 47.0 Å². The predicted octanol–water partition coefficient (Wildman–Crippen LogP) is 2.79. The summed E-state index contributed by atoms with van der Waals surface area (Å²) in [5, 5.41) is 3.01. The van der Waals surface area contributed by atoms with Gasteiger partial charge < -0.3 is 24.4 Å². The van der Waals surface area contributed by atoms with Crippen molar-refractivity contribution in [1.82, 2.24) is 4.90 Å². The fourth-order valence-corrected chi connectivity index (χ4v) is 2.77. The van der Waals surface area contributed by atoms with Gasteiger partial charge in [-0.1, -0.05) is 17.7 Å². The van der Waals surface area contributed by atoms with Gasteiger partial charge in [-0.15, -0.1) is 0 Å². The van der Waals surface area contributed by atoms with Crippen molar-refractivity contribution in [2.24, 2.45) is 0 Å². The monoisotopic (exact) mass is 376 g/mol. The van der Waals surface area contributed by atoms with Crippen LogP contribution in [0.2, 0.25) is 5.02 Å². The summed E-state index contributed by atoms with van der Waals surface area (Å²) in [7, 11) is 3.08. The Hall–Kier alpha value is -2.93. The maximum atomic E-state index is 12.6. The first-order valence-electron chi connectivity index (χ1n) is 7.76. The molecule has 26 heavy (non-hydrogen) atoms. The Labute approximate surface area is 155 Å². The van der Waals surface area contributed by atoms with Crippen LogP contribution >= 0.6 is 11.6 Å². The van der Waals surface area contributed by atoms with Crippen LogP contribution in [0.5, 0.6) is 17.2 Å². The van der Waals surface area contributed by atoms with Gasteiger partial charge in [0, 0.05) is 24.4 Å². The van der Waals surface area contributed by atoms with Gasteiger partial charge in [0.2, 0.25) is 12.7 Å². The van der Waals surface area contributed by atoms with Crippen molar-refractivity contribution in [2.45, 2.75) is 0 Å². The number of carbonyl (C=O) groups is 2. The third-order valence-corrected chi connectivity index (χ3v) is 4.04. The second-order valence-electron chi connectivity index (χ2n) is 5.63. The summed E-state index contributed by atoms with van der Waals surface area (Å²) in [4.78, 5) is 26.0. The zero-order valence-corrected chi connectivity index (χ0v) is 15.0. The van der Waals surface area contributed by atoms with E-state index in [1.165, 1.54) is 18.0 Å². The minimum Gasteiger partial charge on any atom is -0.497 e. The molecule has 2 aromatic carbocycles. The van der Waals surface area contributed by atoms with Gasteiger partial charge in [-0.2, -0.15) is 0 Å². The lowest BCUT2D eigenvalue weighted by Crippen LogP contribution is -2.34. The Balaban J connectivity index is 1.65. The van der Waals surface area contributed by atoms with Crippen molar-refractivity contribution >= 4 is 29.1 Å². The third-order valence-electron chi connectivity index (χ3n) is 3.76. The van der Waals surface area contributed by atoms with E-state index in [0.717, 1.165) is 0 Å². The van der Waals surface area contributed by atoms with E-state index in [4.69, 9.17) is 25.8 Å². The van der Waals surface area contributed by atoms with Gasteiger partial charge in [0.25, 0.3) is 5.91 Å². The molecule has 0 unspecified atom stereocenters. The summed E-state index contributed by atoms with van der Waals surface area (Å²) in [5.74, 6) is 0.769. The number of nitrogens with one attached hydrogen (secondary N) is 1. The van der Waals surface area contributed by atoms with Gasteiger partial charge >= 0.3 is 0 Å². The Morgan fingerprint density at radius 3 is 2.85 bits per heavy atom. The van der Waals surface area contributed by atoms with Crippen molar-refractivity contribution < 1.29 is 23.8 Å². The average molecular weight is 377 g/mol. The summed E-state index contributed by atoms with van der Waals surface area (Å²) < 4.78 is 15.6. The number of nitrogens with zero attached hydrogens (tertiary/aromatic N) is 1. The molecule has 0 spiro atoms. The number of rotatable bonds is 5. The number of anilines is 1. The molecule has 0 radical (unpaired) electrons. The minimum atomic E-state index is -0.356. The number of halogens is 1. The van der Waals surface area contributed by atoms with Gasteiger partial charge in [-0.25, -0.2) is 0 Å². The van der Waals surface area contributed by atoms with Crippen LogP contribution in [0.4, 0.5) is 5.69 Å². The lowest BCUT2D eigenvalue weighted by molar-refractivity contribution is -0.116. The highest BCUT2D eigenvalue weighted by Gasteiger charge is 2.23. The molecular weight excluding hydrogens is 360 g/mol. The zero-order chi connectivity index (χ0) is 18.7. The molecule has 1 heterocycles. The van der Waals surface area contributed by atoms with Gasteiger partial charge in [0.15, 0.2) is 11.5 Å². The zero-order valence-electron chi connectivity index (χ0n) is 14.2. The number of ether oxygens (including phenoxy) is 3. The van der Waals surface area contributed by atoms with E-state index < -0.39 is 0 Å². The maximum Gasteiger partial charge on any atom is 0.254 e. The molecular formula is C18H17ClN2O5. The van der Waals surface area contributed by atoms with E-state index in [1.54, 1.807) is 37.4 Å². The first kappa shape index (κ1) is 17.9. The Morgan fingerprint density at radius 1 is 1.27 bits per heavy atom. The number of likely N-dealkylation sites (N-methyl/N-ethyl adjacent to an activating group) is 1. The molecule has 3 rings (SSSR count). The fourth-order valence-electron chi connectivity index (χ4n) is 2.50. The molecule has 7 nitrogen and oxygen atoms in total. The molecule has 136 valence electrons. The van der Waals surface area contributed by atoms with Crippen LogP contribution in [0.1, 0.15) is 10.4 Å². The average Bonchev–Trinajstić information content (AvgIpc) is 3.10. The van der Waals surface area contributed by atoms with Crippen LogP contribution in [0.3, 0.4) is 0 Å². The molecule has 1 N–H and O–H groups in total. The maximum absolute atomic E-state index is 12.6. The molecule has 2 amide bonds. The van der Waals surface area contributed by atoms with E-state index in [-0.39, 0.29) is 30.2 Å². The van der Waals surface area contributed by atoms with Crippen LogP contribution < -0.4 is 19.5 Å². The quantitative estimate of drug-likeness (QED) is 0.868. The minimum absolute atomic E-state index is 0.0610. The van der Waals surface area contributed by atoms with Gasteiger partial charge in [0.05, 0.1) is 18.7 Å². The van der Waals surface area contributed by atoms with E-state index in [2.05, 4.69) is 5.32 Å². The van der Waals surface area contributed by atoms with E-state index in [9.17, 15) is 9.59 Å². The normalized spacial score (nSPS) is 11.8. The topological polar surface area (TPSA) is 77.1 Å². The van der Waals surface area contributed by atoms with Gasteiger partial charge in [0.1, 0.15) is 5.75 Å². The molecule has 8 heteroatoms. The predicted molar refractivity (Wildman–Crippen MR) is 96.2 cm³/mol. The Bertz CT molecular complexity index is 855. The van der Waals surface area contributed by atoms with Crippen LogP contribution in [0, 0.1) is 0 Å². The summed E-state index contributed by atoms with van der Waals surface area (Å²) >= 11 is 6.10. The van der Waals surface area contributed by atoms with Crippen LogP contribution in [0.15, 0.2) is 36.4 Å². The fraction of sp³-hybridized carbons (Fsp3) is 0.222. The standard InChI is InChI=1S/C18H17ClN2O5/c1-21(9-16(22)20-12-4-3-5-13(8-12)24-2)18(23)11-6-14(19)17-15(7-11)25-10-26-17/h3-8H,9-10H2,1-2H3,(H,20,22).